The highest BCUT2D eigenvalue weighted by atomic mass is 16.5. The average molecular weight is 278 g/mol. The predicted octanol–water partition coefficient (Wildman–Crippen LogP) is 1.53. The monoisotopic (exact) mass is 278 g/mol. The number of likely N-dealkylation sites (tertiary alicyclic amines) is 1. The van der Waals surface area contributed by atoms with E-state index < -0.39 is 0 Å². The normalized spacial score (nSPS) is 22.6. The molecular weight excluding hydrogens is 256 g/mol. The molecule has 5 nitrogen and oxygen atoms in total. The van der Waals surface area contributed by atoms with Gasteiger partial charge in [-0.1, -0.05) is 6.92 Å². The number of amides is 1. The molecule has 2 atom stereocenters. The molecule has 1 heterocycles. The molecule has 1 aromatic carbocycles. The molecule has 2 unspecified atom stereocenters. The standard InChI is InChI=1S/C15H22N2O3/c1-11-7-8-17(9-14(11)19-2)15(18)10-20-13-5-3-12(16)4-6-13/h3-6,11,14H,7-10,16H2,1-2H3. The minimum Gasteiger partial charge on any atom is -0.484 e. The Hall–Kier alpha value is -1.75. The largest absolute Gasteiger partial charge is 0.484 e. The van der Waals surface area contributed by atoms with Crippen LogP contribution in [0.3, 0.4) is 0 Å². The molecule has 110 valence electrons. The highest BCUT2D eigenvalue weighted by Gasteiger charge is 2.28. The molecule has 2 N–H and O–H groups in total. The summed E-state index contributed by atoms with van der Waals surface area (Å²) in [6, 6.07) is 7.03. The lowest BCUT2D eigenvalue weighted by molar-refractivity contribution is -0.138. The smallest absolute Gasteiger partial charge is 0.260 e. The van der Waals surface area contributed by atoms with Gasteiger partial charge in [-0.05, 0) is 36.6 Å². The second-order valence-corrected chi connectivity index (χ2v) is 5.24. The number of methoxy groups -OCH3 is 1. The van der Waals surface area contributed by atoms with Crippen LogP contribution < -0.4 is 10.5 Å². The fourth-order valence-corrected chi connectivity index (χ4v) is 2.37. The first-order chi connectivity index (χ1) is 9.60. The van der Waals surface area contributed by atoms with Crippen molar-refractivity contribution >= 4 is 11.6 Å². The maximum Gasteiger partial charge on any atom is 0.260 e. The Labute approximate surface area is 119 Å². The maximum atomic E-state index is 12.1. The second kappa shape index (κ2) is 6.61. The number of carbonyl (C=O) groups is 1. The minimum absolute atomic E-state index is 0.00391. The Kier molecular flexibility index (Phi) is 4.84. The van der Waals surface area contributed by atoms with E-state index >= 15 is 0 Å². The molecule has 0 radical (unpaired) electrons. The van der Waals surface area contributed by atoms with E-state index in [0.29, 0.717) is 23.9 Å². The first-order valence-electron chi connectivity index (χ1n) is 6.89. The van der Waals surface area contributed by atoms with Crippen molar-refractivity contribution in [2.45, 2.75) is 19.4 Å². The van der Waals surface area contributed by atoms with Gasteiger partial charge in [-0.3, -0.25) is 4.79 Å². The fraction of sp³-hybridized carbons (Fsp3) is 0.533. The van der Waals surface area contributed by atoms with Gasteiger partial charge in [0.2, 0.25) is 0 Å². The highest BCUT2D eigenvalue weighted by molar-refractivity contribution is 5.78. The molecule has 0 bridgehead atoms. The number of nitrogens with two attached hydrogens (primary N) is 1. The van der Waals surface area contributed by atoms with E-state index in [-0.39, 0.29) is 18.6 Å². The molecule has 20 heavy (non-hydrogen) atoms. The summed E-state index contributed by atoms with van der Waals surface area (Å²) in [6.45, 7) is 3.61. The van der Waals surface area contributed by atoms with Crippen LogP contribution in [0.4, 0.5) is 5.69 Å². The van der Waals surface area contributed by atoms with Crippen LogP contribution in [0.25, 0.3) is 0 Å². The quantitative estimate of drug-likeness (QED) is 0.848. The van der Waals surface area contributed by atoms with Gasteiger partial charge in [-0.2, -0.15) is 0 Å². The van der Waals surface area contributed by atoms with Crippen molar-refractivity contribution in [1.82, 2.24) is 4.90 Å². The van der Waals surface area contributed by atoms with E-state index in [9.17, 15) is 4.79 Å². The first-order valence-corrected chi connectivity index (χ1v) is 6.89. The number of nitrogen functional groups attached to an aromatic ring is 1. The summed E-state index contributed by atoms with van der Waals surface area (Å²) in [5.74, 6) is 1.14. The van der Waals surface area contributed by atoms with Crippen molar-refractivity contribution in [1.29, 1.82) is 0 Å². The van der Waals surface area contributed by atoms with E-state index in [1.54, 1.807) is 31.4 Å². The summed E-state index contributed by atoms with van der Waals surface area (Å²) in [6.07, 6.45) is 1.08. The lowest BCUT2D eigenvalue weighted by Gasteiger charge is -2.36. The summed E-state index contributed by atoms with van der Waals surface area (Å²) in [5, 5.41) is 0. The zero-order chi connectivity index (χ0) is 14.5. The van der Waals surface area contributed by atoms with E-state index in [1.807, 2.05) is 4.90 Å². The van der Waals surface area contributed by atoms with Crippen LogP contribution in [0.2, 0.25) is 0 Å². The van der Waals surface area contributed by atoms with Gasteiger partial charge in [-0.25, -0.2) is 0 Å². The Bertz CT molecular complexity index is 447. The van der Waals surface area contributed by atoms with Crippen LogP contribution in [-0.4, -0.2) is 43.7 Å². The minimum atomic E-state index is -0.00391. The van der Waals surface area contributed by atoms with E-state index in [1.165, 1.54) is 0 Å². The molecule has 1 fully saturated rings. The van der Waals surface area contributed by atoms with Gasteiger partial charge >= 0.3 is 0 Å². The van der Waals surface area contributed by atoms with Gasteiger partial charge in [0.1, 0.15) is 5.75 Å². The Balaban J connectivity index is 1.84. The molecule has 1 aliphatic rings. The van der Waals surface area contributed by atoms with Crippen molar-refractivity contribution in [3.63, 3.8) is 0 Å². The summed E-state index contributed by atoms with van der Waals surface area (Å²) in [4.78, 5) is 13.9. The number of hydrogen-bond acceptors (Lipinski definition) is 4. The third-order valence-corrected chi connectivity index (χ3v) is 3.79. The summed E-state index contributed by atoms with van der Waals surface area (Å²) in [5.41, 5.74) is 6.28. The maximum absolute atomic E-state index is 12.1. The van der Waals surface area contributed by atoms with E-state index in [0.717, 1.165) is 13.0 Å². The number of carbonyl (C=O) groups excluding carboxylic acids is 1. The van der Waals surface area contributed by atoms with E-state index in [4.69, 9.17) is 15.2 Å². The Morgan fingerprint density at radius 3 is 2.75 bits per heavy atom. The van der Waals surface area contributed by atoms with Gasteiger partial charge in [-0.15, -0.1) is 0 Å². The molecule has 1 aliphatic heterocycles. The predicted molar refractivity (Wildman–Crippen MR) is 77.5 cm³/mol. The molecule has 0 aromatic heterocycles. The average Bonchev–Trinajstić information content (AvgIpc) is 2.47. The second-order valence-electron chi connectivity index (χ2n) is 5.24. The lowest BCUT2D eigenvalue weighted by Crippen LogP contribution is -2.48. The van der Waals surface area contributed by atoms with Crippen molar-refractivity contribution in [3.05, 3.63) is 24.3 Å². The zero-order valence-corrected chi connectivity index (χ0v) is 12.0. The number of piperidine rings is 1. The summed E-state index contributed by atoms with van der Waals surface area (Å²) in [7, 11) is 1.69. The SMILES string of the molecule is COC1CN(C(=O)COc2ccc(N)cc2)CCC1C. The molecular formula is C15H22N2O3. The molecule has 1 saturated heterocycles. The molecule has 0 saturated carbocycles. The third-order valence-electron chi connectivity index (χ3n) is 3.79. The number of ether oxygens (including phenoxy) is 2. The van der Waals surface area contributed by atoms with Crippen molar-refractivity contribution in [2.24, 2.45) is 5.92 Å². The van der Waals surface area contributed by atoms with Crippen LogP contribution in [-0.2, 0) is 9.53 Å². The van der Waals surface area contributed by atoms with Gasteiger partial charge in [0, 0.05) is 25.9 Å². The Morgan fingerprint density at radius 2 is 2.10 bits per heavy atom. The van der Waals surface area contributed by atoms with Crippen LogP contribution >= 0.6 is 0 Å². The lowest BCUT2D eigenvalue weighted by atomic mass is 9.96. The number of anilines is 1. The van der Waals surface area contributed by atoms with Gasteiger partial charge in [0.15, 0.2) is 6.61 Å². The molecule has 1 amide bonds. The van der Waals surface area contributed by atoms with Crippen molar-refractivity contribution in [2.75, 3.05) is 32.5 Å². The summed E-state index contributed by atoms with van der Waals surface area (Å²) >= 11 is 0. The van der Waals surface area contributed by atoms with Crippen LogP contribution in [0, 0.1) is 5.92 Å². The zero-order valence-electron chi connectivity index (χ0n) is 12.0. The van der Waals surface area contributed by atoms with Crippen molar-refractivity contribution in [3.8, 4) is 5.75 Å². The van der Waals surface area contributed by atoms with Crippen LogP contribution in [0.15, 0.2) is 24.3 Å². The third kappa shape index (κ3) is 3.63. The highest BCUT2D eigenvalue weighted by Crippen LogP contribution is 2.20. The number of nitrogens with zero attached hydrogens (tertiary/aromatic N) is 1. The molecule has 2 rings (SSSR count). The molecule has 5 heteroatoms. The topological polar surface area (TPSA) is 64.8 Å². The van der Waals surface area contributed by atoms with Crippen LogP contribution in [0.1, 0.15) is 13.3 Å². The van der Waals surface area contributed by atoms with Gasteiger partial charge in [0.25, 0.3) is 5.91 Å². The van der Waals surface area contributed by atoms with Gasteiger partial charge in [0.05, 0.1) is 6.10 Å². The van der Waals surface area contributed by atoms with Crippen molar-refractivity contribution < 1.29 is 14.3 Å². The summed E-state index contributed by atoms with van der Waals surface area (Å²) < 4.78 is 10.9. The first kappa shape index (κ1) is 14.7. The number of rotatable bonds is 4. The number of benzene rings is 1. The molecule has 1 aromatic rings. The van der Waals surface area contributed by atoms with E-state index in [2.05, 4.69) is 6.92 Å². The fourth-order valence-electron chi connectivity index (χ4n) is 2.37. The number of hydrogen-bond donors (Lipinski definition) is 1. The molecule has 0 aliphatic carbocycles. The van der Waals surface area contributed by atoms with Crippen LogP contribution in [0.5, 0.6) is 5.75 Å². The van der Waals surface area contributed by atoms with Gasteiger partial charge < -0.3 is 20.1 Å². The Morgan fingerprint density at radius 1 is 1.40 bits per heavy atom. The molecule has 0 spiro atoms.